The average Bonchev–Trinajstić information content (AvgIpc) is 3.36. The van der Waals surface area contributed by atoms with Gasteiger partial charge in [0.1, 0.15) is 11.6 Å². The van der Waals surface area contributed by atoms with Crippen molar-refractivity contribution < 1.29 is 14.0 Å². The fraction of sp³-hybridized carbons (Fsp3) is 0.333. The van der Waals surface area contributed by atoms with Crippen molar-refractivity contribution in [1.29, 1.82) is 0 Å². The van der Waals surface area contributed by atoms with Crippen molar-refractivity contribution in [2.75, 3.05) is 13.1 Å². The zero-order valence-electron chi connectivity index (χ0n) is 16.1. The number of nitrogens with one attached hydrogen (secondary N) is 1. The molecule has 0 aliphatic carbocycles. The van der Waals surface area contributed by atoms with E-state index in [2.05, 4.69) is 9.97 Å². The second-order valence-electron chi connectivity index (χ2n) is 7.14. The summed E-state index contributed by atoms with van der Waals surface area (Å²) < 4.78 is 5.30. The standard InChI is InChI=1S/C21H22N4O4/c1-2-24(13-18-22-17-8-4-3-7-16(17)20(27)23-18)21(28)14-10-19(26)25(11-14)12-15-6-5-9-29-15/h3-9,14H,2,10-13H2,1H3,(H,22,23,27). The molecular formula is C21H22N4O4. The number of likely N-dealkylation sites (tertiary alicyclic amines) is 1. The van der Waals surface area contributed by atoms with Gasteiger partial charge in [0.25, 0.3) is 5.56 Å². The molecule has 1 atom stereocenters. The van der Waals surface area contributed by atoms with Gasteiger partial charge in [0.05, 0.1) is 36.2 Å². The lowest BCUT2D eigenvalue weighted by Gasteiger charge is -2.23. The van der Waals surface area contributed by atoms with E-state index in [-0.39, 0.29) is 30.3 Å². The largest absolute Gasteiger partial charge is 0.467 e. The summed E-state index contributed by atoms with van der Waals surface area (Å²) in [6.45, 7) is 3.24. The third kappa shape index (κ3) is 3.91. The van der Waals surface area contributed by atoms with Crippen LogP contribution in [-0.2, 0) is 22.7 Å². The molecule has 1 fully saturated rings. The normalized spacial score (nSPS) is 16.5. The average molecular weight is 394 g/mol. The number of rotatable bonds is 6. The lowest BCUT2D eigenvalue weighted by molar-refractivity contribution is -0.136. The number of fused-ring (bicyclic) bond motifs is 1. The predicted molar refractivity (Wildman–Crippen MR) is 106 cm³/mol. The monoisotopic (exact) mass is 394 g/mol. The number of para-hydroxylation sites is 1. The van der Waals surface area contributed by atoms with Gasteiger partial charge in [-0.2, -0.15) is 0 Å². The van der Waals surface area contributed by atoms with Gasteiger partial charge in [0.15, 0.2) is 0 Å². The number of hydrogen-bond donors (Lipinski definition) is 1. The fourth-order valence-corrected chi connectivity index (χ4v) is 3.68. The van der Waals surface area contributed by atoms with Crippen molar-refractivity contribution in [2.45, 2.75) is 26.4 Å². The molecule has 1 N–H and O–H groups in total. The number of carbonyl (C=O) groups excluding carboxylic acids is 2. The summed E-state index contributed by atoms with van der Waals surface area (Å²) in [4.78, 5) is 48.1. The molecule has 1 unspecified atom stereocenters. The maximum absolute atomic E-state index is 13.0. The maximum Gasteiger partial charge on any atom is 0.258 e. The van der Waals surface area contributed by atoms with E-state index < -0.39 is 5.92 Å². The topological polar surface area (TPSA) is 99.5 Å². The van der Waals surface area contributed by atoms with E-state index in [1.165, 1.54) is 0 Å². The highest BCUT2D eigenvalue weighted by Gasteiger charge is 2.36. The van der Waals surface area contributed by atoms with E-state index in [9.17, 15) is 14.4 Å². The van der Waals surface area contributed by atoms with E-state index in [1.54, 1.807) is 40.3 Å². The van der Waals surface area contributed by atoms with Crippen molar-refractivity contribution >= 4 is 22.7 Å². The van der Waals surface area contributed by atoms with Crippen LogP contribution in [0.15, 0.2) is 51.9 Å². The van der Waals surface area contributed by atoms with Crippen LogP contribution >= 0.6 is 0 Å². The molecule has 1 aliphatic rings. The van der Waals surface area contributed by atoms with Gasteiger partial charge < -0.3 is 19.2 Å². The van der Waals surface area contributed by atoms with Crippen LogP contribution in [-0.4, -0.2) is 44.7 Å². The lowest BCUT2D eigenvalue weighted by atomic mass is 10.1. The molecule has 0 saturated carbocycles. The summed E-state index contributed by atoms with van der Waals surface area (Å²) in [6, 6.07) is 10.7. The Kier molecular flexibility index (Phi) is 5.16. The van der Waals surface area contributed by atoms with E-state index in [4.69, 9.17) is 4.42 Å². The molecule has 1 aliphatic heterocycles. The second kappa shape index (κ2) is 7.90. The van der Waals surface area contributed by atoms with Crippen molar-refractivity contribution in [1.82, 2.24) is 19.8 Å². The number of hydrogen-bond acceptors (Lipinski definition) is 5. The van der Waals surface area contributed by atoms with Crippen LogP contribution in [0, 0.1) is 5.92 Å². The van der Waals surface area contributed by atoms with Gasteiger partial charge in [-0.1, -0.05) is 12.1 Å². The van der Waals surface area contributed by atoms with Gasteiger partial charge in [-0.3, -0.25) is 14.4 Å². The summed E-state index contributed by atoms with van der Waals surface area (Å²) >= 11 is 0. The molecule has 3 aromatic rings. The molecule has 150 valence electrons. The number of aromatic amines is 1. The van der Waals surface area contributed by atoms with Gasteiger partial charge in [-0.25, -0.2) is 4.98 Å². The predicted octanol–water partition coefficient (Wildman–Crippen LogP) is 1.91. The van der Waals surface area contributed by atoms with Crippen LogP contribution in [0.25, 0.3) is 10.9 Å². The zero-order valence-corrected chi connectivity index (χ0v) is 16.1. The summed E-state index contributed by atoms with van der Waals surface area (Å²) in [5.41, 5.74) is 0.366. The second-order valence-corrected chi connectivity index (χ2v) is 7.14. The van der Waals surface area contributed by atoms with Gasteiger partial charge in [0, 0.05) is 19.5 Å². The van der Waals surface area contributed by atoms with Crippen LogP contribution in [0.2, 0.25) is 0 Å². The number of nitrogens with zero attached hydrogens (tertiary/aromatic N) is 3. The Morgan fingerprint density at radius 3 is 2.86 bits per heavy atom. The maximum atomic E-state index is 13.0. The molecule has 8 heteroatoms. The van der Waals surface area contributed by atoms with E-state index >= 15 is 0 Å². The molecule has 1 saturated heterocycles. The number of carbonyl (C=O) groups is 2. The van der Waals surface area contributed by atoms with Crippen LogP contribution in [0.3, 0.4) is 0 Å². The van der Waals surface area contributed by atoms with Gasteiger partial charge in [0.2, 0.25) is 11.8 Å². The van der Waals surface area contributed by atoms with E-state index in [1.807, 2.05) is 19.1 Å². The summed E-state index contributed by atoms with van der Waals surface area (Å²) in [5.74, 6) is 0.536. The highest BCUT2D eigenvalue weighted by Crippen LogP contribution is 2.23. The minimum Gasteiger partial charge on any atom is -0.467 e. The summed E-state index contributed by atoms with van der Waals surface area (Å²) in [6.07, 6.45) is 1.74. The molecule has 1 aromatic carbocycles. The number of H-pyrrole nitrogens is 1. The first kappa shape index (κ1) is 18.9. The minimum absolute atomic E-state index is 0.0620. The molecule has 4 rings (SSSR count). The van der Waals surface area contributed by atoms with Crippen LogP contribution < -0.4 is 5.56 Å². The Morgan fingerprint density at radius 2 is 2.10 bits per heavy atom. The SMILES string of the molecule is CCN(Cc1nc2ccccc2c(=O)[nH]1)C(=O)C1CC(=O)N(Cc2ccco2)C1. The Morgan fingerprint density at radius 1 is 1.28 bits per heavy atom. The molecule has 2 aromatic heterocycles. The number of aromatic nitrogens is 2. The quantitative estimate of drug-likeness (QED) is 0.689. The molecule has 0 radical (unpaired) electrons. The van der Waals surface area contributed by atoms with Gasteiger partial charge >= 0.3 is 0 Å². The lowest BCUT2D eigenvalue weighted by Crippen LogP contribution is -2.37. The Bertz CT molecular complexity index is 1090. The minimum atomic E-state index is -0.412. The Balaban J connectivity index is 1.47. The number of amides is 2. The van der Waals surface area contributed by atoms with Crippen LogP contribution in [0.1, 0.15) is 24.9 Å². The third-order valence-electron chi connectivity index (χ3n) is 5.19. The molecule has 29 heavy (non-hydrogen) atoms. The molecule has 0 spiro atoms. The van der Waals surface area contributed by atoms with Crippen molar-refractivity contribution in [3.8, 4) is 0 Å². The molecule has 2 amide bonds. The van der Waals surface area contributed by atoms with E-state index in [0.717, 1.165) is 0 Å². The smallest absolute Gasteiger partial charge is 0.258 e. The third-order valence-corrected chi connectivity index (χ3v) is 5.19. The zero-order chi connectivity index (χ0) is 20.4. The molecule has 8 nitrogen and oxygen atoms in total. The summed E-state index contributed by atoms with van der Waals surface area (Å²) in [5, 5.41) is 0.514. The number of benzene rings is 1. The van der Waals surface area contributed by atoms with Crippen molar-refractivity contribution in [3.63, 3.8) is 0 Å². The number of furan rings is 1. The van der Waals surface area contributed by atoms with Crippen molar-refractivity contribution in [2.24, 2.45) is 5.92 Å². The van der Waals surface area contributed by atoms with E-state index in [0.29, 0.717) is 42.1 Å². The van der Waals surface area contributed by atoms with Crippen LogP contribution in [0.5, 0.6) is 0 Å². The highest BCUT2D eigenvalue weighted by atomic mass is 16.3. The molecule has 0 bridgehead atoms. The van der Waals surface area contributed by atoms with Gasteiger partial charge in [-0.15, -0.1) is 0 Å². The first-order chi connectivity index (χ1) is 14.0. The highest BCUT2D eigenvalue weighted by molar-refractivity contribution is 5.89. The molecular weight excluding hydrogens is 372 g/mol. The van der Waals surface area contributed by atoms with Crippen LogP contribution in [0.4, 0.5) is 0 Å². The Hall–Kier alpha value is -3.42. The fourth-order valence-electron chi connectivity index (χ4n) is 3.68. The Labute approximate surface area is 167 Å². The first-order valence-electron chi connectivity index (χ1n) is 9.62. The van der Waals surface area contributed by atoms with Crippen molar-refractivity contribution in [3.05, 3.63) is 64.6 Å². The van der Waals surface area contributed by atoms with Gasteiger partial charge in [-0.05, 0) is 31.2 Å². The summed E-state index contributed by atoms with van der Waals surface area (Å²) in [7, 11) is 0. The molecule has 3 heterocycles. The first-order valence-corrected chi connectivity index (χ1v) is 9.62.